The summed E-state index contributed by atoms with van der Waals surface area (Å²) in [5, 5.41) is 8.51. The van der Waals surface area contributed by atoms with Crippen molar-refractivity contribution in [1.82, 2.24) is 19.7 Å². The number of ether oxygens (including phenoxy) is 2. The molecule has 7 nitrogen and oxygen atoms in total. The number of nitrogens with zero attached hydrogens (tertiary/aromatic N) is 4. The van der Waals surface area contributed by atoms with E-state index in [2.05, 4.69) is 43.0 Å². The zero-order valence-corrected chi connectivity index (χ0v) is 16.8. The monoisotopic (exact) mass is 473 g/mol. The molecule has 0 radical (unpaired) electrons. The molecule has 0 spiro atoms. The van der Waals surface area contributed by atoms with Gasteiger partial charge in [0.25, 0.3) is 0 Å². The van der Waals surface area contributed by atoms with Gasteiger partial charge in [-0.2, -0.15) is 10.1 Å². The Morgan fingerprint density at radius 2 is 1.74 bits per heavy atom. The van der Waals surface area contributed by atoms with Crippen molar-refractivity contribution in [1.29, 1.82) is 0 Å². The van der Waals surface area contributed by atoms with E-state index < -0.39 is 0 Å². The van der Waals surface area contributed by atoms with Crippen LogP contribution in [0.3, 0.4) is 0 Å². The van der Waals surface area contributed by atoms with Crippen molar-refractivity contribution < 1.29 is 9.47 Å². The molecule has 2 aromatic heterocycles. The van der Waals surface area contributed by atoms with Gasteiger partial charge >= 0.3 is 0 Å². The first kappa shape index (κ1) is 17.5. The summed E-state index contributed by atoms with van der Waals surface area (Å²) in [5.41, 5.74) is 2.47. The molecule has 0 saturated carbocycles. The summed E-state index contributed by atoms with van der Waals surface area (Å²) in [4.78, 5) is 9.00. The second-order valence-electron chi connectivity index (χ2n) is 5.70. The summed E-state index contributed by atoms with van der Waals surface area (Å²) in [6.07, 6.45) is 3.51. The van der Waals surface area contributed by atoms with Gasteiger partial charge in [-0.3, -0.25) is 0 Å². The number of anilines is 2. The number of benzene rings is 2. The minimum Gasteiger partial charge on any atom is -0.493 e. The molecule has 2 heterocycles. The first-order valence-electron chi connectivity index (χ1n) is 8.13. The van der Waals surface area contributed by atoms with Crippen LogP contribution in [0.2, 0.25) is 0 Å². The number of aromatic nitrogens is 4. The van der Waals surface area contributed by atoms with Crippen LogP contribution in [-0.4, -0.2) is 34.0 Å². The van der Waals surface area contributed by atoms with Crippen LogP contribution >= 0.6 is 22.6 Å². The van der Waals surface area contributed by atoms with Gasteiger partial charge in [-0.25, -0.2) is 9.67 Å². The molecule has 0 bridgehead atoms. The molecule has 0 aliphatic heterocycles. The molecule has 136 valence electrons. The van der Waals surface area contributed by atoms with Crippen molar-refractivity contribution in [2.45, 2.75) is 0 Å². The lowest BCUT2D eigenvalue weighted by atomic mass is 10.3. The average molecular weight is 473 g/mol. The smallest absolute Gasteiger partial charge is 0.229 e. The Labute approximate surface area is 169 Å². The highest BCUT2D eigenvalue weighted by atomic mass is 127. The van der Waals surface area contributed by atoms with Gasteiger partial charge in [0, 0.05) is 21.5 Å². The summed E-state index contributed by atoms with van der Waals surface area (Å²) in [6, 6.07) is 13.6. The molecule has 2 aromatic carbocycles. The predicted octanol–water partition coefficient (Wildman–Crippen LogP) is 4.18. The summed E-state index contributed by atoms with van der Waals surface area (Å²) >= 11 is 2.28. The van der Waals surface area contributed by atoms with Crippen molar-refractivity contribution in [2.24, 2.45) is 0 Å². The van der Waals surface area contributed by atoms with Crippen LogP contribution in [0.1, 0.15) is 0 Å². The Balaban J connectivity index is 1.69. The maximum atomic E-state index is 5.34. The normalized spacial score (nSPS) is 10.8. The molecule has 1 N–H and O–H groups in total. The highest BCUT2D eigenvalue weighted by Gasteiger charge is 2.10. The third-order valence-corrected chi connectivity index (χ3v) is 4.74. The Hall–Kier alpha value is -2.88. The van der Waals surface area contributed by atoms with Crippen molar-refractivity contribution in [3.8, 4) is 17.2 Å². The zero-order valence-electron chi connectivity index (χ0n) is 14.7. The van der Waals surface area contributed by atoms with Gasteiger partial charge in [-0.1, -0.05) is 0 Å². The Bertz CT molecular complexity index is 1100. The van der Waals surface area contributed by atoms with Crippen LogP contribution in [-0.2, 0) is 0 Å². The van der Waals surface area contributed by atoms with E-state index in [0.29, 0.717) is 17.4 Å². The van der Waals surface area contributed by atoms with Crippen LogP contribution in [0.4, 0.5) is 11.6 Å². The Kier molecular flexibility index (Phi) is 4.80. The van der Waals surface area contributed by atoms with Crippen molar-refractivity contribution in [2.75, 3.05) is 19.5 Å². The number of methoxy groups -OCH3 is 2. The SMILES string of the molecule is COc1ccc(Nc2ncc3cnn(-c4ccc(I)cc4)c3n2)cc1OC. The van der Waals surface area contributed by atoms with Crippen molar-refractivity contribution >= 4 is 45.3 Å². The molecule has 0 fully saturated rings. The van der Waals surface area contributed by atoms with E-state index in [1.54, 1.807) is 31.3 Å². The van der Waals surface area contributed by atoms with Gasteiger partial charge in [0.1, 0.15) is 0 Å². The van der Waals surface area contributed by atoms with Gasteiger partial charge in [0.15, 0.2) is 17.1 Å². The minimum absolute atomic E-state index is 0.474. The van der Waals surface area contributed by atoms with E-state index in [9.17, 15) is 0 Å². The van der Waals surface area contributed by atoms with Gasteiger partial charge in [0.05, 0.1) is 31.5 Å². The molecule has 0 saturated heterocycles. The van der Waals surface area contributed by atoms with E-state index in [-0.39, 0.29) is 0 Å². The second kappa shape index (κ2) is 7.39. The third kappa shape index (κ3) is 3.52. The number of nitrogens with one attached hydrogen (secondary N) is 1. The average Bonchev–Trinajstić information content (AvgIpc) is 3.11. The molecule has 0 unspecified atom stereocenters. The van der Waals surface area contributed by atoms with E-state index >= 15 is 0 Å². The molecular formula is C19H16IN5O2. The summed E-state index contributed by atoms with van der Waals surface area (Å²) < 4.78 is 13.6. The maximum Gasteiger partial charge on any atom is 0.229 e. The Morgan fingerprint density at radius 1 is 0.963 bits per heavy atom. The molecule has 4 aromatic rings. The van der Waals surface area contributed by atoms with Crippen LogP contribution in [0.15, 0.2) is 54.9 Å². The van der Waals surface area contributed by atoms with E-state index in [0.717, 1.165) is 22.4 Å². The summed E-state index contributed by atoms with van der Waals surface area (Å²) in [6.45, 7) is 0. The number of hydrogen-bond acceptors (Lipinski definition) is 6. The largest absolute Gasteiger partial charge is 0.493 e. The van der Waals surface area contributed by atoms with Crippen LogP contribution in [0.25, 0.3) is 16.7 Å². The maximum absolute atomic E-state index is 5.34. The fourth-order valence-corrected chi connectivity index (χ4v) is 3.05. The van der Waals surface area contributed by atoms with Crippen LogP contribution < -0.4 is 14.8 Å². The lowest BCUT2D eigenvalue weighted by Gasteiger charge is -2.10. The van der Waals surface area contributed by atoms with Crippen LogP contribution in [0, 0.1) is 3.57 Å². The first-order valence-corrected chi connectivity index (χ1v) is 9.21. The Morgan fingerprint density at radius 3 is 2.48 bits per heavy atom. The third-order valence-electron chi connectivity index (χ3n) is 4.02. The van der Waals surface area contributed by atoms with Crippen molar-refractivity contribution in [3.63, 3.8) is 0 Å². The number of hydrogen-bond donors (Lipinski definition) is 1. The molecular weight excluding hydrogens is 457 g/mol. The quantitative estimate of drug-likeness (QED) is 0.439. The lowest BCUT2D eigenvalue weighted by molar-refractivity contribution is 0.355. The highest BCUT2D eigenvalue weighted by molar-refractivity contribution is 14.1. The van der Waals surface area contributed by atoms with Gasteiger partial charge < -0.3 is 14.8 Å². The lowest BCUT2D eigenvalue weighted by Crippen LogP contribution is -2.01. The molecule has 0 aliphatic rings. The molecule has 0 aliphatic carbocycles. The molecule has 4 rings (SSSR count). The number of fused-ring (bicyclic) bond motifs is 1. The van der Waals surface area contributed by atoms with E-state index in [1.165, 1.54) is 3.57 Å². The fourth-order valence-electron chi connectivity index (χ4n) is 2.69. The van der Waals surface area contributed by atoms with Crippen molar-refractivity contribution in [3.05, 3.63) is 58.4 Å². The number of rotatable bonds is 5. The van der Waals surface area contributed by atoms with Gasteiger partial charge in [-0.05, 0) is 59.0 Å². The summed E-state index contributed by atoms with van der Waals surface area (Å²) in [5.74, 6) is 1.77. The highest BCUT2D eigenvalue weighted by Crippen LogP contribution is 2.30. The van der Waals surface area contributed by atoms with E-state index in [4.69, 9.17) is 9.47 Å². The molecule has 0 atom stereocenters. The summed E-state index contributed by atoms with van der Waals surface area (Å²) in [7, 11) is 3.21. The molecule has 8 heteroatoms. The second-order valence-corrected chi connectivity index (χ2v) is 6.95. The standard InChI is InChI=1S/C19H16IN5O2/c1-26-16-8-5-14(9-17(16)27-2)23-19-21-10-12-11-22-25(18(12)24-19)15-6-3-13(20)4-7-15/h3-11H,1-2H3,(H,21,23,24). The molecule has 0 amide bonds. The van der Waals surface area contributed by atoms with Gasteiger partial charge in [0.2, 0.25) is 5.95 Å². The van der Waals surface area contributed by atoms with Gasteiger partial charge in [-0.15, -0.1) is 0 Å². The van der Waals surface area contributed by atoms with Crippen LogP contribution in [0.5, 0.6) is 11.5 Å². The minimum atomic E-state index is 0.474. The topological polar surface area (TPSA) is 74.1 Å². The predicted molar refractivity (Wildman–Crippen MR) is 112 cm³/mol. The molecule has 27 heavy (non-hydrogen) atoms. The number of halogens is 1. The first-order chi connectivity index (χ1) is 13.2. The fraction of sp³-hybridized carbons (Fsp3) is 0.105. The van der Waals surface area contributed by atoms with E-state index in [1.807, 2.05) is 42.5 Å². The zero-order chi connectivity index (χ0) is 18.8.